The van der Waals surface area contributed by atoms with Gasteiger partial charge in [-0.25, -0.2) is 0 Å². The van der Waals surface area contributed by atoms with E-state index in [2.05, 4.69) is 91.3 Å². The molecule has 0 aliphatic rings. The topological polar surface area (TPSA) is 12.0 Å². The molecule has 0 atom stereocenters. The van der Waals surface area contributed by atoms with E-state index in [0.717, 1.165) is 22.5 Å². The standard InChI is InChI=1S/C24H21N.2C2H6/c1-3-8-19(4-2)21-11-15-23(16-12-21)25-24-17-13-22(14-18-24)20-9-6-5-7-10-20;2*1-2/h3-18,25H,1-2H2;2*1-2H3/b19-8+;;. The van der Waals surface area contributed by atoms with Crippen LogP contribution in [0.1, 0.15) is 33.3 Å². The lowest BCUT2D eigenvalue weighted by molar-refractivity contribution is 1.50. The molecule has 29 heavy (non-hydrogen) atoms. The maximum Gasteiger partial charge on any atom is 0.0384 e. The van der Waals surface area contributed by atoms with Crippen molar-refractivity contribution in [2.75, 3.05) is 5.32 Å². The number of hydrogen-bond acceptors (Lipinski definition) is 1. The number of anilines is 2. The molecule has 3 aromatic rings. The van der Waals surface area contributed by atoms with Gasteiger partial charge in [-0.05, 0) is 46.5 Å². The lowest BCUT2D eigenvalue weighted by atomic mass is 10.0. The van der Waals surface area contributed by atoms with Crippen LogP contribution in [0.5, 0.6) is 0 Å². The van der Waals surface area contributed by atoms with Gasteiger partial charge in [-0.3, -0.25) is 0 Å². The number of rotatable bonds is 6. The average Bonchev–Trinajstić information content (AvgIpc) is 2.82. The van der Waals surface area contributed by atoms with E-state index in [4.69, 9.17) is 0 Å². The fourth-order valence-corrected chi connectivity index (χ4v) is 2.70. The monoisotopic (exact) mass is 383 g/mol. The van der Waals surface area contributed by atoms with Gasteiger partial charge in [0, 0.05) is 11.4 Å². The summed E-state index contributed by atoms with van der Waals surface area (Å²) in [6, 6.07) is 27.2. The third kappa shape index (κ3) is 7.31. The van der Waals surface area contributed by atoms with E-state index in [9.17, 15) is 0 Å². The van der Waals surface area contributed by atoms with E-state index in [1.54, 1.807) is 6.08 Å². The third-order valence-electron chi connectivity index (χ3n) is 4.02. The molecule has 3 aromatic carbocycles. The first kappa shape index (κ1) is 23.7. The van der Waals surface area contributed by atoms with Crippen LogP contribution in [-0.4, -0.2) is 0 Å². The minimum atomic E-state index is 1.05. The Morgan fingerprint density at radius 1 is 0.655 bits per heavy atom. The van der Waals surface area contributed by atoms with Crippen molar-refractivity contribution in [3.8, 4) is 11.1 Å². The predicted molar refractivity (Wildman–Crippen MR) is 133 cm³/mol. The quantitative estimate of drug-likeness (QED) is 0.419. The smallest absolute Gasteiger partial charge is 0.0384 e. The van der Waals surface area contributed by atoms with Crippen molar-refractivity contribution in [1.82, 2.24) is 0 Å². The Bertz CT molecular complexity index is 870. The summed E-state index contributed by atoms with van der Waals surface area (Å²) in [5.74, 6) is 0. The molecule has 150 valence electrons. The largest absolute Gasteiger partial charge is 0.356 e. The Morgan fingerprint density at radius 2 is 1.14 bits per heavy atom. The number of allylic oxidation sites excluding steroid dienone is 4. The van der Waals surface area contributed by atoms with Crippen molar-refractivity contribution in [2.24, 2.45) is 0 Å². The molecule has 0 aromatic heterocycles. The van der Waals surface area contributed by atoms with Crippen LogP contribution >= 0.6 is 0 Å². The number of hydrogen-bond donors (Lipinski definition) is 1. The Labute approximate surface area is 177 Å². The summed E-state index contributed by atoms with van der Waals surface area (Å²) >= 11 is 0. The molecule has 0 spiro atoms. The molecule has 0 aliphatic carbocycles. The lowest BCUT2D eigenvalue weighted by Crippen LogP contribution is -1.90. The second kappa shape index (κ2) is 13.8. The zero-order valence-electron chi connectivity index (χ0n) is 18.2. The van der Waals surface area contributed by atoms with E-state index in [1.807, 2.05) is 45.9 Å². The zero-order valence-corrected chi connectivity index (χ0v) is 18.2. The summed E-state index contributed by atoms with van der Waals surface area (Å²) in [5.41, 5.74) is 6.75. The van der Waals surface area contributed by atoms with Crippen molar-refractivity contribution in [2.45, 2.75) is 27.7 Å². The average molecular weight is 384 g/mol. The molecule has 3 rings (SSSR count). The summed E-state index contributed by atoms with van der Waals surface area (Å²) in [6.45, 7) is 15.6. The maximum atomic E-state index is 3.85. The van der Waals surface area contributed by atoms with Crippen molar-refractivity contribution in [3.05, 3.63) is 116 Å². The van der Waals surface area contributed by atoms with Gasteiger partial charge < -0.3 is 5.32 Å². The molecule has 1 N–H and O–H groups in total. The van der Waals surface area contributed by atoms with Crippen LogP contribution in [-0.2, 0) is 0 Å². The van der Waals surface area contributed by atoms with E-state index >= 15 is 0 Å². The highest BCUT2D eigenvalue weighted by Gasteiger charge is 2.00. The first-order valence-electron chi connectivity index (χ1n) is 10.3. The van der Waals surface area contributed by atoms with Crippen molar-refractivity contribution in [1.29, 1.82) is 0 Å². The Kier molecular flexibility index (Phi) is 11.3. The summed E-state index contributed by atoms with van der Waals surface area (Å²) in [5, 5.41) is 3.43. The SMILES string of the molecule is C=C/C=C(\C=C)c1ccc(Nc2ccc(-c3ccccc3)cc2)cc1.CC.CC. The molecule has 0 fully saturated rings. The zero-order chi connectivity index (χ0) is 21.5. The van der Waals surface area contributed by atoms with Gasteiger partial charge in [0.25, 0.3) is 0 Å². The Balaban J connectivity index is 0.000000989. The van der Waals surface area contributed by atoms with E-state index in [0.29, 0.717) is 0 Å². The van der Waals surface area contributed by atoms with Gasteiger partial charge in [-0.2, -0.15) is 0 Å². The van der Waals surface area contributed by atoms with Crippen molar-refractivity contribution in [3.63, 3.8) is 0 Å². The highest BCUT2D eigenvalue weighted by Crippen LogP contribution is 2.24. The molecule has 0 saturated carbocycles. The van der Waals surface area contributed by atoms with Gasteiger partial charge >= 0.3 is 0 Å². The molecule has 0 aliphatic heterocycles. The minimum Gasteiger partial charge on any atom is -0.356 e. The molecule has 0 radical (unpaired) electrons. The molecular formula is C28H33N. The number of benzene rings is 3. The van der Waals surface area contributed by atoms with Crippen LogP contribution in [0.15, 0.2) is 110 Å². The predicted octanol–water partition coefficient (Wildman–Crippen LogP) is 8.91. The molecular weight excluding hydrogens is 350 g/mol. The fourth-order valence-electron chi connectivity index (χ4n) is 2.70. The third-order valence-corrected chi connectivity index (χ3v) is 4.02. The summed E-state index contributed by atoms with van der Waals surface area (Å²) < 4.78 is 0. The van der Waals surface area contributed by atoms with Crippen LogP contribution in [0, 0.1) is 0 Å². The summed E-state index contributed by atoms with van der Waals surface area (Å²) in [7, 11) is 0. The maximum absolute atomic E-state index is 3.85. The molecule has 1 nitrogen and oxygen atoms in total. The highest BCUT2D eigenvalue weighted by molar-refractivity contribution is 5.76. The first-order valence-corrected chi connectivity index (χ1v) is 10.3. The van der Waals surface area contributed by atoms with Gasteiger partial charge in [0.15, 0.2) is 0 Å². The lowest BCUT2D eigenvalue weighted by Gasteiger charge is -2.09. The second-order valence-corrected chi connectivity index (χ2v) is 5.71. The summed E-state index contributed by atoms with van der Waals surface area (Å²) in [4.78, 5) is 0. The molecule has 0 unspecified atom stereocenters. The molecule has 1 heteroatoms. The van der Waals surface area contributed by atoms with Crippen LogP contribution in [0.25, 0.3) is 16.7 Å². The number of nitrogens with one attached hydrogen (secondary N) is 1. The fraction of sp³-hybridized carbons (Fsp3) is 0.143. The first-order chi connectivity index (χ1) is 14.3. The second-order valence-electron chi connectivity index (χ2n) is 5.71. The van der Waals surface area contributed by atoms with Crippen LogP contribution in [0.4, 0.5) is 11.4 Å². The van der Waals surface area contributed by atoms with Crippen molar-refractivity contribution >= 4 is 16.9 Å². The van der Waals surface area contributed by atoms with Crippen LogP contribution in [0.2, 0.25) is 0 Å². The van der Waals surface area contributed by atoms with Gasteiger partial charge in [-0.15, -0.1) is 0 Å². The van der Waals surface area contributed by atoms with Gasteiger partial charge in [-0.1, -0.05) is 114 Å². The molecule has 0 amide bonds. The Morgan fingerprint density at radius 3 is 1.62 bits per heavy atom. The van der Waals surface area contributed by atoms with Gasteiger partial charge in [0.1, 0.15) is 0 Å². The van der Waals surface area contributed by atoms with Crippen LogP contribution in [0.3, 0.4) is 0 Å². The van der Waals surface area contributed by atoms with Gasteiger partial charge in [0.05, 0.1) is 0 Å². The molecule has 0 heterocycles. The van der Waals surface area contributed by atoms with Gasteiger partial charge in [0.2, 0.25) is 0 Å². The van der Waals surface area contributed by atoms with E-state index in [1.165, 1.54) is 11.1 Å². The highest BCUT2D eigenvalue weighted by atomic mass is 14.9. The minimum absolute atomic E-state index is 1.05. The molecule has 0 bridgehead atoms. The summed E-state index contributed by atoms with van der Waals surface area (Å²) in [6.07, 6.45) is 5.57. The molecule has 0 saturated heterocycles. The van der Waals surface area contributed by atoms with E-state index < -0.39 is 0 Å². The normalized spacial score (nSPS) is 9.86. The van der Waals surface area contributed by atoms with E-state index in [-0.39, 0.29) is 0 Å². The van der Waals surface area contributed by atoms with Crippen molar-refractivity contribution < 1.29 is 0 Å². The Hall–Kier alpha value is -3.32. The van der Waals surface area contributed by atoms with Crippen LogP contribution < -0.4 is 5.32 Å².